The molecule has 0 bridgehead atoms. The highest BCUT2D eigenvalue weighted by atomic mass is 16.4. The first kappa shape index (κ1) is 18.3. The molecule has 28 heavy (non-hydrogen) atoms. The molecule has 1 saturated heterocycles. The molecule has 1 aliphatic rings. The summed E-state index contributed by atoms with van der Waals surface area (Å²) < 4.78 is 11.0. The van der Waals surface area contributed by atoms with Crippen molar-refractivity contribution in [3.8, 4) is 0 Å². The van der Waals surface area contributed by atoms with Crippen molar-refractivity contribution in [1.29, 1.82) is 0 Å². The summed E-state index contributed by atoms with van der Waals surface area (Å²) in [7, 11) is 0. The molecule has 1 fully saturated rings. The number of carbonyl (C=O) groups excluding carboxylic acids is 2. The van der Waals surface area contributed by atoms with E-state index < -0.39 is 6.04 Å². The van der Waals surface area contributed by atoms with Crippen molar-refractivity contribution in [1.82, 2.24) is 9.88 Å². The third-order valence-electron chi connectivity index (χ3n) is 4.84. The number of carbonyl (C=O) groups is 2. The standard InChI is InChI=1S/C21H23N3O4/c1-21(2,3)20-23-14-12-13(8-9-16(14)28-20)22-18(25)15-6-4-10-24(15)19(26)17-7-5-11-27-17/h5,7-9,11-12,15H,4,6,10H2,1-3H3,(H,22,25)/t15-/m0/s1. The molecule has 7 heteroatoms. The zero-order valence-corrected chi connectivity index (χ0v) is 16.2. The highest BCUT2D eigenvalue weighted by Gasteiger charge is 2.35. The number of oxazole rings is 1. The highest BCUT2D eigenvalue weighted by molar-refractivity contribution is 6.01. The lowest BCUT2D eigenvalue weighted by Crippen LogP contribution is -2.43. The van der Waals surface area contributed by atoms with E-state index in [0.717, 1.165) is 6.42 Å². The predicted molar refractivity (Wildman–Crippen MR) is 104 cm³/mol. The number of anilines is 1. The van der Waals surface area contributed by atoms with Gasteiger partial charge in [0, 0.05) is 17.6 Å². The van der Waals surface area contributed by atoms with Crippen LogP contribution in [0, 0.1) is 0 Å². The molecule has 3 aromatic rings. The number of benzene rings is 1. The van der Waals surface area contributed by atoms with Crippen LogP contribution in [0.4, 0.5) is 5.69 Å². The Bertz CT molecular complexity index is 1010. The van der Waals surface area contributed by atoms with Crippen molar-refractivity contribution in [2.45, 2.75) is 45.1 Å². The summed E-state index contributed by atoms with van der Waals surface area (Å²) in [4.78, 5) is 31.5. The molecule has 0 aliphatic carbocycles. The Morgan fingerprint density at radius 1 is 1.25 bits per heavy atom. The second-order valence-corrected chi connectivity index (χ2v) is 8.07. The van der Waals surface area contributed by atoms with Crippen LogP contribution >= 0.6 is 0 Å². The lowest BCUT2D eigenvalue weighted by molar-refractivity contribution is -0.119. The molecule has 2 amide bonds. The lowest BCUT2D eigenvalue weighted by atomic mass is 9.97. The van der Waals surface area contributed by atoms with Crippen molar-refractivity contribution in [3.05, 3.63) is 48.2 Å². The maximum atomic E-state index is 12.8. The Balaban J connectivity index is 1.52. The van der Waals surface area contributed by atoms with Crippen LogP contribution in [0.5, 0.6) is 0 Å². The Hall–Kier alpha value is -3.09. The van der Waals surface area contributed by atoms with E-state index in [9.17, 15) is 9.59 Å². The van der Waals surface area contributed by atoms with Crippen LogP contribution in [0.25, 0.3) is 11.1 Å². The molecule has 4 rings (SSSR count). The van der Waals surface area contributed by atoms with Crippen molar-refractivity contribution in [2.24, 2.45) is 0 Å². The number of furan rings is 1. The van der Waals surface area contributed by atoms with E-state index in [1.54, 1.807) is 35.2 Å². The lowest BCUT2D eigenvalue weighted by Gasteiger charge is -2.23. The Morgan fingerprint density at radius 2 is 2.07 bits per heavy atom. The Labute approximate surface area is 162 Å². The van der Waals surface area contributed by atoms with Gasteiger partial charge in [-0.15, -0.1) is 0 Å². The minimum absolute atomic E-state index is 0.195. The van der Waals surface area contributed by atoms with Crippen LogP contribution < -0.4 is 5.32 Å². The van der Waals surface area contributed by atoms with Crippen molar-refractivity contribution < 1.29 is 18.4 Å². The number of fused-ring (bicyclic) bond motifs is 1. The predicted octanol–water partition coefficient (Wildman–Crippen LogP) is 3.96. The monoisotopic (exact) mass is 381 g/mol. The van der Waals surface area contributed by atoms with E-state index >= 15 is 0 Å². The SMILES string of the molecule is CC(C)(C)c1nc2cc(NC(=O)[C@@H]3CCCN3C(=O)c3ccco3)ccc2o1. The fourth-order valence-corrected chi connectivity index (χ4v) is 3.38. The van der Waals surface area contributed by atoms with Crippen LogP contribution in [0.3, 0.4) is 0 Å². The zero-order valence-electron chi connectivity index (χ0n) is 16.2. The van der Waals surface area contributed by atoms with Crippen molar-refractivity contribution in [2.75, 3.05) is 11.9 Å². The molecule has 146 valence electrons. The molecular formula is C21H23N3O4. The smallest absolute Gasteiger partial charge is 0.290 e. The van der Waals surface area contributed by atoms with Gasteiger partial charge in [0.15, 0.2) is 11.3 Å². The number of nitrogens with one attached hydrogen (secondary N) is 1. The largest absolute Gasteiger partial charge is 0.459 e. The Morgan fingerprint density at radius 3 is 2.79 bits per heavy atom. The number of amides is 2. The van der Waals surface area contributed by atoms with Crippen molar-refractivity contribution in [3.63, 3.8) is 0 Å². The number of aromatic nitrogens is 1. The molecule has 1 N–H and O–H groups in total. The molecule has 1 aromatic carbocycles. The molecule has 0 spiro atoms. The average molecular weight is 381 g/mol. The first-order chi connectivity index (χ1) is 13.3. The van der Waals surface area contributed by atoms with Crippen LogP contribution in [0.1, 0.15) is 50.1 Å². The molecule has 3 heterocycles. The number of hydrogen-bond donors (Lipinski definition) is 1. The quantitative estimate of drug-likeness (QED) is 0.742. The van der Waals surface area contributed by atoms with Gasteiger partial charge in [0.25, 0.3) is 5.91 Å². The highest BCUT2D eigenvalue weighted by Crippen LogP contribution is 2.28. The minimum Gasteiger partial charge on any atom is -0.459 e. The van der Waals surface area contributed by atoms with Crippen LogP contribution in [0.2, 0.25) is 0 Å². The normalized spacial score (nSPS) is 17.2. The minimum atomic E-state index is -0.518. The van der Waals surface area contributed by atoms with Crippen LogP contribution in [-0.2, 0) is 10.2 Å². The molecule has 1 aliphatic heterocycles. The molecule has 0 radical (unpaired) electrons. The summed E-state index contributed by atoms with van der Waals surface area (Å²) in [6.07, 6.45) is 2.86. The topological polar surface area (TPSA) is 88.6 Å². The van der Waals surface area contributed by atoms with E-state index in [1.165, 1.54) is 6.26 Å². The van der Waals surface area contributed by atoms with Gasteiger partial charge in [-0.05, 0) is 43.2 Å². The van der Waals surface area contributed by atoms with E-state index in [2.05, 4.69) is 10.3 Å². The summed E-state index contributed by atoms with van der Waals surface area (Å²) in [6.45, 7) is 6.64. The van der Waals surface area contributed by atoms with Gasteiger partial charge in [0.05, 0.1) is 6.26 Å². The summed E-state index contributed by atoms with van der Waals surface area (Å²) in [5.41, 5.74) is 1.80. The van der Waals surface area contributed by atoms with E-state index in [1.807, 2.05) is 20.8 Å². The summed E-state index contributed by atoms with van der Waals surface area (Å²) in [5.74, 6) is 0.427. The second kappa shape index (κ2) is 6.82. The summed E-state index contributed by atoms with van der Waals surface area (Å²) >= 11 is 0. The summed E-state index contributed by atoms with van der Waals surface area (Å²) in [5, 5.41) is 2.91. The average Bonchev–Trinajstić information content (AvgIpc) is 3.38. The number of nitrogens with zero attached hydrogens (tertiary/aromatic N) is 2. The zero-order chi connectivity index (χ0) is 19.9. The third-order valence-corrected chi connectivity index (χ3v) is 4.84. The first-order valence-corrected chi connectivity index (χ1v) is 9.39. The van der Waals surface area contributed by atoms with Gasteiger partial charge in [-0.25, -0.2) is 4.98 Å². The fraction of sp³-hybridized carbons (Fsp3) is 0.381. The number of hydrogen-bond acceptors (Lipinski definition) is 5. The molecule has 7 nitrogen and oxygen atoms in total. The van der Waals surface area contributed by atoms with E-state index in [-0.39, 0.29) is 23.0 Å². The molecule has 0 saturated carbocycles. The summed E-state index contributed by atoms with van der Waals surface area (Å²) in [6, 6.07) is 8.13. The van der Waals surface area contributed by atoms with Gasteiger partial charge < -0.3 is 19.1 Å². The van der Waals surface area contributed by atoms with Gasteiger partial charge in [-0.2, -0.15) is 0 Å². The van der Waals surface area contributed by atoms with Gasteiger partial charge in [-0.1, -0.05) is 20.8 Å². The maximum Gasteiger partial charge on any atom is 0.290 e. The van der Waals surface area contributed by atoms with Gasteiger partial charge in [0.1, 0.15) is 11.6 Å². The second-order valence-electron chi connectivity index (χ2n) is 8.07. The molecule has 0 unspecified atom stereocenters. The van der Waals surface area contributed by atoms with Crippen LogP contribution in [0.15, 0.2) is 45.4 Å². The fourth-order valence-electron chi connectivity index (χ4n) is 3.38. The maximum absolute atomic E-state index is 12.8. The van der Waals surface area contributed by atoms with Gasteiger partial charge >= 0.3 is 0 Å². The van der Waals surface area contributed by atoms with Gasteiger partial charge in [0.2, 0.25) is 11.8 Å². The van der Waals surface area contributed by atoms with Crippen molar-refractivity contribution >= 4 is 28.6 Å². The van der Waals surface area contributed by atoms with E-state index in [4.69, 9.17) is 8.83 Å². The molecule has 1 atom stereocenters. The molecule has 2 aromatic heterocycles. The number of rotatable bonds is 3. The van der Waals surface area contributed by atoms with Gasteiger partial charge in [-0.3, -0.25) is 9.59 Å². The first-order valence-electron chi connectivity index (χ1n) is 9.39. The third kappa shape index (κ3) is 3.40. The van der Waals surface area contributed by atoms with Crippen LogP contribution in [-0.4, -0.2) is 34.3 Å². The number of likely N-dealkylation sites (tertiary alicyclic amines) is 1. The van der Waals surface area contributed by atoms with E-state index in [0.29, 0.717) is 35.6 Å². The Kier molecular flexibility index (Phi) is 4.45. The molecular weight excluding hydrogens is 358 g/mol.